The SMILES string of the molecule is N#Cc1cnc(Nc2cc(NCC3CCNC3)c(C(=O)NCC(F)(F)F)nn2)cn1. The number of anilines is 3. The molecule has 0 aromatic carbocycles. The number of rotatable bonds is 7. The average Bonchev–Trinajstić information content (AvgIpc) is 3.24. The number of nitriles is 1. The van der Waals surface area contributed by atoms with Crippen LogP contribution in [0.15, 0.2) is 18.5 Å². The highest BCUT2D eigenvalue weighted by Crippen LogP contribution is 2.21. The van der Waals surface area contributed by atoms with E-state index in [4.69, 9.17) is 5.26 Å². The van der Waals surface area contributed by atoms with Crippen molar-refractivity contribution in [3.8, 4) is 6.07 Å². The van der Waals surface area contributed by atoms with Crippen molar-refractivity contribution in [2.24, 2.45) is 5.92 Å². The van der Waals surface area contributed by atoms with Crippen molar-refractivity contribution >= 4 is 23.2 Å². The smallest absolute Gasteiger partial charge is 0.383 e. The molecular formula is C17H18F3N9O. The summed E-state index contributed by atoms with van der Waals surface area (Å²) in [5.74, 6) is -0.196. The molecule has 3 heterocycles. The molecule has 1 amide bonds. The molecule has 1 atom stereocenters. The summed E-state index contributed by atoms with van der Waals surface area (Å²) >= 11 is 0. The van der Waals surface area contributed by atoms with Crippen LogP contribution in [0.25, 0.3) is 0 Å². The van der Waals surface area contributed by atoms with Gasteiger partial charge in [0.05, 0.1) is 18.1 Å². The van der Waals surface area contributed by atoms with Gasteiger partial charge in [-0.15, -0.1) is 10.2 Å². The first-order chi connectivity index (χ1) is 14.3. The van der Waals surface area contributed by atoms with E-state index in [-0.39, 0.29) is 28.7 Å². The molecule has 1 aliphatic rings. The predicted octanol–water partition coefficient (Wildman–Crippen LogP) is 1.20. The number of carbonyl (C=O) groups excluding carboxylic acids is 1. The Morgan fingerprint density at radius 3 is 2.73 bits per heavy atom. The molecule has 1 unspecified atom stereocenters. The van der Waals surface area contributed by atoms with Crippen molar-refractivity contribution in [1.29, 1.82) is 5.26 Å². The van der Waals surface area contributed by atoms with E-state index >= 15 is 0 Å². The van der Waals surface area contributed by atoms with Gasteiger partial charge in [-0.05, 0) is 25.4 Å². The van der Waals surface area contributed by atoms with Crippen LogP contribution in [0.1, 0.15) is 22.6 Å². The van der Waals surface area contributed by atoms with Gasteiger partial charge in [-0.1, -0.05) is 0 Å². The van der Waals surface area contributed by atoms with Crippen molar-refractivity contribution in [3.63, 3.8) is 0 Å². The summed E-state index contributed by atoms with van der Waals surface area (Å²) < 4.78 is 37.3. The summed E-state index contributed by atoms with van der Waals surface area (Å²) in [5.41, 5.74) is 0.123. The molecule has 2 aromatic heterocycles. The lowest BCUT2D eigenvalue weighted by Crippen LogP contribution is -2.35. The van der Waals surface area contributed by atoms with Gasteiger partial charge in [0.15, 0.2) is 17.2 Å². The highest BCUT2D eigenvalue weighted by atomic mass is 19.4. The number of nitrogens with zero attached hydrogens (tertiary/aromatic N) is 5. The lowest BCUT2D eigenvalue weighted by molar-refractivity contribution is -0.123. The quantitative estimate of drug-likeness (QED) is 0.519. The lowest BCUT2D eigenvalue weighted by atomic mass is 10.1. The summed E-state index contributed by atoms with van der Waals surface area (Å²) in [4.78, 5) is 20.1. The van der Waals surface area contributed by atoms with Crippen LogP contribution in [-0.4, -0.2) is 58.4 Å². The predicted molar refractivity (Wildman–Crippen MR) is 99.9 cm³/mol. The van der Waals surface area contributed by atoms with E-state index < -0.39 is 18.6 Å². The number of hydrogen-bond donors (Lipinski definition) is 4. The summed E-state index contributed by atoms with van der Waals surface area (Å²) in [5, 5.41) is 27.3. The highest BCUT2D eigenvalue weighted by molar-refractivity contribution is 5.97. The van der Waals surface area contributed by atoms with E-state index in [1.54, 1.807) is 5.32 Å². The number of aromatic nitrogens is 4. The number of alkyl halides is 3. The lowest BCUT2D eigenvalue weighted by Gasteiger charge is -2.15. The maximum absolute atomic E-state index is 12.4. The van der Waals surface area contributed by atoms with Gasteiger partial charge in [-0.3, -0.25) is 4.79 Å². The first-order valence-electron chi connectivity index (χ1n) is 9.00. The molecule has 0 radical (unpaired) electrons. The zero-order valence-electron chi connectivity index (χ0n) is 15.6. The molecule has 0 spiro atoms. The van der Waals surface area contributed by atoms with Crippen LogP contribution in [0.5, 0.6) is 0 Å². The summed E-state index contributed by atoms with van der Waals surface area (Å²) in [6.45, 7) is 0.714. The standard InChI is InChI=1S/C17H18F3N9O/c18-17(19,20)9-26-16(30)15-12(24-6-10-1-2-22-5-10)3-13(28-29-15)27-14-8-23-11(4-21)7-25-14/h3,7-8,10,22H,1-2,5-6,9H2,(H,26,30)(H2,24,25,27,28). The molecule has 0 saturated carbocycles. The minimum atomic E-state index is -4.54. The van der Waals surface area contributed by atoms with E-state index in [9.17, 15) is 18.0 Å². The number of amides is 1. The molecule has 4 N–H and O–H groups in total. The maximum atomic E-state index is 12.4. The minimum absolute atomic E-state index is 0.135. The van der Waals surface area contributed by atoms with Crippen molar-refractivity contribution in [2.45, 2.75) is 12.6 Å². The minimum Gasteiger partial charge on any atom is -0.383 e. The van der Waals surface area contributed by atoms with Crippen molar-refractivity contribution in [1.82, 2.24) is 30.8 Å². The van der Waals surface area contributed by atoms with Crippen molar-refractivity contribution < 1.29 is 18.0 Å². The zero-order chi connectivity index (χ0) is 21.6. The second-order valence-corrected chi connectivity index (χ2v) is 6.55. The Morgan fingerprint density at radius 2 is 2.10 bits per heavy atom. The molecule has 0 bridgehead atoms. The van der Waals surface area contributed by atoms with Crippen LogP contribution >= 0.6 is 0 Å². The van der Waals surface area contributed by atoms with Crippen LogP contribution in [0.4, 0.5) is 30.5 Å². The first kappa shape index (κ1) is 21.2. The fourth-order valence-electron chi connectivity index (χ4n) is 2.74. The van der Waals surface area contributed by atoms with Crippen LogP contribution in [-0.2, 0) is 0 Å². The zero-order valence-corrected chi connectivity index (χ0v) is 15.6. The van der Waals surface area contributed by atoms with Crippen LogP contribution in [0.3, 0.4) is 0 Å². The molecule has 0 aliphatic carbocycles. The third-order valence-electron chi connectivity index (χ3n) is 4.22. The largest absolute Gasteiger partial charge is 0.405 e. The highest BCUT2D eigenvalue weighted by Gasteiger charge is 2.29. The number of nitrogens with one attached hydrogen (secondary N) is 4. The summed E-state index contributed by atoms with van der Waals surface area (Å²) in [6, 6.07) is 3.30. The molecule has 158 valence electrons. The molecule has 2 aromatic rings. The Hall–Kier alpha value is -3.53. The van der Waals surface area contributed by atoms with Crippen molar-refractivity contribution in [3.05, 3.63) is 29.8 Å². The molecule has 10 nitrogen and oxygen atoms in total. The topological polar surface area (TPSA) is 141 Å². The van der Waals surface area contributed by atoms with Gasteiger partial charge in [-0.2, -0.15) is 18.4 Å². The Labute approximate surface area is 169 Å². The Kier molecular flexibility index (Phi) is 6.58. The number of hydrogen-bond acceptors (Lipinski definition) is 9. The average molecular weight is 421 g/mol. The fourth-order valence-corrected chi connectivity index (χ4v) is 2.74. The van der Waals surface area contributed by atoms with Gasteiger partial charge in [0.2, 0.25) is 0 Å². The van der Waals surface area contributed by atoms with Gasteiger partial charge < -0.3 is 21.3 Å². The van der Waals surface area contributed by atoms with Gasteiger partial charge in [0.25, 0.3) is 5.91 Å². The third-order valence-corrected chi connectivity index (χ3v) is 4.22. The molecule has 1 aliphatic heterocycles. The normalized spacial score (nSPS) is 16.0. The summed E-state index contributed by atoms with van der Waals surface area (Å²) in [6.07, 6.45) is -1.02. The van der Waals surface area contributed by atoms with Crippen molar-refractivity contribution in [2.75, 3.05) is 36.8 Å². The Bertz CT molecular complexity index is 922. The van der Waals surface area contributed by atoms with Crippen LogP contribution in [0, 0.1) is 17.2 Å². The van der Waals surface area contributed by atoms with E-state index in [1.165, 1.54) is 18.5 Å². The van der Waals surface area contributed by atoms with Gasteiger partial charge in [0.1, 0.15) is 18.4 Å². The summed E-state index contributed by atoms with van der Waals surface area (Å²) in [7, 11) is 0. The number of halogens is 3. The molecular weight excluding hydrogens is 403 g/mol. The van der Waals surface area contributed by atoms with Gasteiger partial charge in [0, 0.05) is 12.6 Å². The molecule has 13 heteroatoms. The first-order valence-corrected chi connectivity index (χ1v) is 9.00. The second kappa shape index (κ2) is 9.31. The number of carbonyl (C=O) groups is 1. The second-order valence-electron chi connectivity index (χ2n) is 6.55. The van der Waals surface area contributed by atoms with E-state index in [1.807, 2.05) is 6.07 Å². The molecule has 3 rings (SSSR count). The molecule has 1 saturated heterocycles. The van der Waals surface area contributed by atoms with E-state index in [0.29, 0.717) is 12.5 Å². The Morgan fingerprint density at radius 1 is 1.27 bits per heavy atom. The fraction of sp³-hybridized carbons (Fsp3) is 0.412. The maximum Gasteiger partial charge on any atom is 0.405 e. The Balaban J connectivity index is 1.77. The molecule has 1 fully saturated rings. The molecule has 30 heavy (non-hydrogen) atoms. The van der Waals surface area contributed by atoms with Crippen LogP contribution in [0.2, 0.25) is 0 Å². The van der Waals surface area contributed by atoms with E-state index in [0.717, 1.165) is 19.5 Å². The monoisotopic (exact) mass is 421 g/mol. The third kappa shape index (κ3) is 5.98. The van der Waals surface area contributed by atoms with Gasteiger partial charge in [-0.25, -0.2) is 9.97 Å². The van der Waals surface area contributed by atoms with Crippen LogP contribution < -0.4 is 21.3 Å². The van der Waals surface area contributed by atoms with E-state index in [2.05, 4.69) is 36.1 Å². The van der Waals surface area contributed by atoms with Gasteiger partial charge >= 0.3 is 6.18 Å².